The highest BCUT2D eigenvalue weighted by atomic mass is 16.3. The Kier molecular flexibility index (Phi) is 3.61. The van der Waals surface area contributed by atoms with Crippen LogP contribution in [0.25, 0.3) is 0 Å². The third kappa shape index (κ3) is 1.94. The number of hydrogen-bond acceptors (Lipinski definition) is 3. The van der Waals surface area contributed by atoms with Gasteiger partial charge in [0.1, 0.15) is 5.60 Å². The third-order valence-corrected chi connectivity index (χ3v) is 8.81. The Labute approximate surface area is 145 Å². The molecule has 0 unspecified atom stereocenters. The van der Waals surface area contributed by atoms with Crippen LogP contribution in [0.5, 0.6) is 0 Å². The van der Waals surface area contributed by atoms with Crippen LogP contribution in [-0.4, -0.2) is 27.7 Å². The first-order valence-corrected chi connectivity index (χ1v) is 9.83. The summed E-state index contributed by atoms with van der Waals surface area (Å²) in [6.45, 7) is 6.16. The highest BCUT2D eigenvalue weighted by Gasteiger charge is 2.65. The van der Waals surface area contributed by atoms with Crippen molar-refractivity contribution in [2.45, 2.75) is 83.8 Å². The normalized spacial score (nSPS) is 53.6. The van der Waals surface area contributed by atoms with Crippen LogP contribution in [0.1, 0.15) is 72.1 Å². The lowest BCUT2D eigenvalue weighted by atomic mass is 9.47. The molecule has 0 heterocycles. The van der Waals surface area contributed by atoms with E-state index in [4.69, 9.17) is 0 Å². The quantitative estimate of drug-likeness (QED) is 0.721. The predicted molar refractivity (Wildman–Crippen MR) is 93.3 cm³/mol. The molecule has 3 fully saturated rings. The molecule has 4 rings (SSSR count). The van der Waals surface area contributed by atoms with E-state index in [9.17, 15) is 15.0 Å². The first-order chi connectivity index (χ1) is 11.2. The third-order valence-electron chi connectivity index (χ3n) is 8.81. The lowest BCUT2D eigenvalue weighted by molar-refractivity contribution is -0.159. The monoisotopic (exact) mass is 332 g/mol. The van der Waals surface area contributed by atoms with Crippen LogP contribution < -0.4 is 0 Å². The van der Waals surface area contributed by atoms with Crippen molar-refractivity contribution in [1.29, 1.82) is 0 Å². The predicted octanol–water partition coefficient (Wildman–Crippen LogP) is 3.63. The molecular formula is C21H32O3. The number of allylic oxidation sites excluding steroid dienone is 1. The van der Waals surface area contributed by atoms with E-state index >= 15 is 0 Å². The number of fused-ring (bicyclic) bond motifs is 5. The molecule has 4 aliphatic carbocycles. The average molecular weight is 332 g/mol. The number of carbonyl (C=O) groups excluding carboxylic acids is 1. The Morgan fingerprint density at radius 2 is 1.83 bits per heavy atom. The van der Waals surface area contributed by atoms with E-state index in [1.807, 2.05) is 0 Å². The highest BCUT2D eigenvalue weighted by Crippen LogP contribution is 2.67. The van der Waals surface area contributed by atoms with Crippen LogP contribution >= 0.6 is 0 Å². The molecule has 4 aliphatic rings. The zero-order valence-corrected chi connectivity index (χ0v) is 15.3. The highest BCUT2D eigenvalue weighted by molar-refractivity contribution is 5.86. The Bertz CT molecular complexity index is 596. The molecule has 134 valence electrons. The van der Waals surface area contributed by atoms with Crippen molar-refractivity contribution in [3.8, 4) is 0 Å². The van der Waals surface area contributed by atoms with Crippen molar-refractivity contribution in [3.05, 3.63) is 11.6 Å². The van der Waals surface area contributed by atoms with Crippen LogP contribution in [0.2, 0.25) is 0 Å². The first kappa shape index (κ1) is 16.8. The van der Waals surface area contributed by atoms with Gasteiger partial charge in [0.05, 0.1) is 6.10 Å². The molecule has 3 nitrogen and oxygen atoms in total. The summed E-state index contributed by atoms with van der Waals surface area (Å²) in [5, 5.41) is 21.2. The topological polar surface area (TPSA) is 57.5 Å². The zero-order valence-electron chi connectivity index (χ0n) is 15.3. The SMILES string of the molecule is CC(=O)[C@]1(O)CC[C@@H]2[C@@H]3CC=C4C[C@H](O)CC[C@]4(C)[C@H]3CC[C@@]21C. The van der Waals surface area contributed by atoms with Gasteiger partial charge in [-0.1, -0.05) is 25.5 Å². The summed E-state index contributed by atoms with van der Waals surface area (Å²) in [6, 6.07) is 0. The summed E-state index contributed by atoms with van der Waals surface area (Å²) in [5.41, 5.74) is 0.331. The van der Waals surface area contributed by atoms with Gasteiger partial charge in [0.25, 0.3) is 0 Å². The van der Waals surface area contributed by atoms with Crippen LogP contribution in [0.3, 0.4) is 0 Å². The van der Waals surface area contributed by atoms with Gasteiger partial charge in [-0.15, -0.1) is 0 Å². The summed E-state index contributed by atoms with van der Waals surface area (Å²) >= 11 is 0. The second-order valence-corrected chi connectivity index (χ2v) is 9.57. The maximum Gasteiger partial charge on any atom is 0.161 e. The van der Waals surface area contributed by atoms with Crippen LogP contribution in [0.15, 0.2) is 11.6 Å². The second kappa shape index (κ2) is 5.17. The Morgan fingerprint density at radius 3 is 2.54 bits per heavy atom. The molecular weight excluding hydrogens is 300 g/mol. The lowest BCUT2D eigenvalue weighted by Gasteiger charge is -2.58. The maximum atomic E-state index is 12.2. The fourth-order valence-corrected chi connectivity index (χ4v) is 7.24. The van der Waals surface area contributed by atoms with E-state index in [2.05, 4.69) is 19.9 Å². The molecule has 0 bridgehead atoms. The van der Waals surface area contributed by atoms with Crippen LogP contribution in [0, 0.1) is 28.6 Å². The van der Waals surface area contributed by atoms with Gasteiger partial charge in [-0.25, -0.2) is 0 Å². The van der Waals surface area contributed by atoms with Crippen LogP contribution in [-0.2, 0) is 4.79 Å². The average Bonchev–Trinajstić information content (AvgIpc) is 2.81. The van der Waals surface area contributed by atoms with Gasteiger partial charge in [0, 0.05) is 5.41 Å². The molecule has 0 spiro atoms. The van der Waals surface area contributed by atoms with Crippen molar-refractivity contribution < 1.29 is 15.0 Å². The maximum absolute atomic E-state index is 12.2. The lowest BCUT2D eigenvalue weighted by Crippen LogP contribution is -2.56. The number of hydrogen-bond donors (Lipinski definition) is 2. The fourth-order valence-electron chi connectivity index (χ4n) is 7.24. The van der Waals surface area contributed by atoms with Gasteiger partial charge in [-0.2, -0.15) is 0 Å². The van der Waals surface area contributed by atoms with Crippen molar-refractivity contribution >= 4 is 5.78 Å². The van der Waals surface area contributed by atoms with Gasteiger partial charge in [-0.05, 0) is 81.5 Å². The van der Waals surface area contributed by atoms with Gasteiger partial charge in [0.2, 0.25) is 0 Å². The van der Waals surface area contributed by atoms with E-state index in [0.29, 0.717) is 24.2 Å². The van der Waals surface area contributed by atoms with Gasteiger partial charge >= 0.3 is 0 Å². The molecule has 7 atom stereocenters. The summed E-state index contributed by atoms with van der Waals surface area (Å²) in [5.74, 6) is 1.65. The second-order valence-electron chi connectivity index (χ2n) is 9.57. The minimum absolute atomic E-state index is 0.0370. The van der Waals surface area contributed by atoms with Crippen molar-refractivity contribution in [1.82, 2.24) is 0 Å². The van der Waals surface area contributed by atoms with E-state index in [1.165, 1.54) is 5.57 Å². The molecule has 0 radical (unpaired) electrons. The van der Waals surface area contributed by atoms with Gasteiger partial charge in [0.15, 0.2) is 5.78 Å². The Balaban J connectivity index is 1.69. The number of carbonyl (C=O) groups is 1. The zero-order chi connectivity index (χ0) is 17.3. The number of rotatable bonds is 1. The van der Waals surface area contributed by atoms with E-state index < -0.39 is 5.60 Å². The summed E-state index contributed by atoms with van der Waals surface area (Å²) < 4.78 is 0. The molecule has 0 amide bonds. The molecule has 24 heavy (non-hydrogen) atoms. The fraction of sp³-hybridized carbons (Fsp3) is 0.857. The molecule has 3 saturated carbocycles. The number of ketones is 1. The molecule has 0 aliphatic heterocycles. The van der Waals surface area contributed by atoms with E-state index in [0.717, 1.165) is 44.9 Å². The Morgan fingerprint density at radius 1 is 1.12 bits per heavy atom. The molecule has 2 N–H and O–H groups in total. The smallest absolute Gasteiger partial charge is 0.161 e. The molecule has 0 saturated heterocycles. The number of Topliss-reactive ketones (excluding diaryl/α,β-unsaturated/α-hetero) is 1. The molecule has 3 heteroatoms. The summed E-state index contributed by atoms with van der Waals surface area (Å²) in [6.07, 6.45) is 9.84. The van der Waals surface area contributed by atoms with E-state index in [-0.39, 0.29) is 22.7 Å². The van der Waals surface area contributed by atoms with Gasteiger partial charge < -0.3 is 10.2 Å². The summed E-state index contributed by atoms with van der Waals surface area (Å²) in [4.78, 5) is 12.2. The van der Waals surface area contributed by atoms with Gasteiger partial charge in [-0.3, -0.25) is 4.79 Å². The van der Waals surface area contributed by atoms with Crippen molar-refractivity contribution in [3.63, 3.8) is 0 Å². The summed E-state index contributed by atoms with van der Waals surface area (Å²) in [7, 11) is 0. The Hall–Kier alpha value is -0.670. The minimum Gasteiger partial charge on any atom is -0.393 e. The number of aliphatic hydroxyl groups is 2. The first-order valence-electron chi connectivity index (χ1n) is 9.83. The largest absolute Gasteiger partial charge is 0.393 e. The van der Waals surface area contributed by atoms with Crippen LogP contribution in [0.4, 0.5) is 0 Å². The van der Waals surface area contributed by atoms with Crippen molar-refractivity contribution in [2.75, 3.05) is 0 Å². The molecule has 0 aromatic carbocycles. The standard InChI is InChI=1S/C21H32O3/c1-13(22)21(24)11-8-18-16-5-4-14-12-15(23)6-9-19(14,2)17(16)7-10-20(18,21)3/h4,15-18,23-24H,5-12H2,1-3H3/t15-,16-,17+,18-,19+,20+,21-/m1/s1. The molecule has 0 aromatic rings. The molecule has 0 aromatic heterocycles. The van der Waals surface area contributed by atoms with E-state index in [1.54, 1.807) is 6.92 Å². The number of aliphatic hydroxyl groups excluding tert-OH is 1. The minimum atomic E-state index is -1.11. The van der Waals surface area contributed by atoms with Crippen molar-refractivity contribution in [2.24, 2.45) is 28.6 Å².